The molecule has 0 spiro atoms. The Morgan fingerprint density at radius 3 is 1.72 bits per heavy atom. The third-order valence-corrected chi connectivity index (χ3v) is 9.16. The highest BCUT2D eigenvalue weighted by atomic mass is 31.2. The van der Waals surface area contributed by atoms with Crippen LogP contribution in [0.3, 0.4) is 0 Å². The number of aliphatic hydroxyl groups is 4. The number of carbonyl (C=O) groups is 2. The zero-order valence-electron chi connectivity index (χ0n) is 29.8. The molecule has 0 radical (unpaired) electrons. The first-order valence-corrected chi connectivity index (χ1v) is 20.1. The van der Waals surface area contributed by atoms with Gasteiger partial charge in [0.1, 0.15) is 43.2 Å². The summed E-state index contributed by atoms with van der Waals surface area (Å²) in [6.07, 6.45) is 4.03. The van der Waals surface area contributed by atoms with Crippen molar-refractivity contribution in [3.8, 4) is 47.9 Å². The summed E-state index contributed by atoms with van der Waals surface area (Å²) in [4.78, 5) is 53.1. The van der Waals surface area contributed by atoms with Crippen molar-refractivity contribution in [3.05, 3.63) is 0 Å². The van der Waals surface area contributed by atoms with Crippen LogP contribution in [-0.2, 0) is 41.8 Å². The Bertz CT molecular complexity index is 1460. The number of phosphoric ester groups is 2. The number of esters is 2. The largest absolute Gasteiger partial charge is 0.472 e. The molecule has 17 nitrogen and oxygen atoms in total. The zero-order chi connectivity index (χ0) is 39.0. The van der Waals surface area contributed by atoms with E-state index in [0.29, 0.717) is 6.42 Å². The van der Waals surface area contributed by atoms with Gasteiger partial charge >= 0.3 is 27.6 Å². The molecule has 19 heteroatoms. The van der Waals surface area contributed by atoms with Gasteiger partial charge in [-0.25, -0.2) is 13.9 Å². The molecule has 0 aliphatic heterocycles. The molecule has 53 heavy (non-hydrogen) atoms. The number of hydrogen-bond donors (Lipinski definition) is 8. The average molecular weight is 808 g/mol. The number of terminal acetylenes is 1. The van der Waals surface area contributed by atoms with Crippen LogP contribution in [0.25, 0.3) is 0 Å². The van der Waals surface area contributed by atoms with Gasteiger partial charge in [-0.05, 0) is 41.9 Å². The topological polar surface area (TPSA) is 291 Å². The quantitative estimate of drug-likeness (QED) is 0.0226. The van der Waals surface area contributed by atoms with Gasteiger partial charge in [-0.3, -0.25) is 18.4 Å². The van der Waals surface area contributed by atoms with Gasteiger partial charge in [0.2, 0.25) is 0 Å². The molecular weight excluding hydrogens is 740 g/mol. The Hall–Kier alpha value is -2.80. The van der Waals surface area contributed by atoms with Crippen LogP contribution in [0.4, 0.5) is 0 Å². The minimum Gasteiger partial charge on any atom is -0.456 e. The number of unbranched alkanes of at least 4 members (excludes halogenated alkanes) is 12. The summed E-state index contributed by atoms with van der Waals surface area (Å²) in [5.41, 5.74) is 0. The second-order valence-corrected chi connectivity index (χ2v) is 14.6. The van der Waals surface area contributed by atoms with Crippen LogP contribution in [0.15, 0.2) is 0 Å². The normalized spacial score (nSPS) is 22.4. The van der Waals surface area contributed by atoms with Crippen molar-refractivity contribution in [2.45, 2.75) is 140 Å². The number of carbonyl (C=O) groups excluding carboxylic acids is 2. The highest BCUT2D eigenvalue weighted by molar-refractivity contribution is 7.47. The van der Waals surface area contributed by atoms with Crippen molar-refractivity contribution >= 4 is 27.6 Å². The highest BCUT2D eigenvalue weighted by Crippen LogP contribution is 2.49. The molecule has 8 atom stereocenters. The third-order valence-electron chi connectivity index (χ3n) is 7.65. The minimum atomic E-state index is -5.38. The summed E-state index contributed by atoms with van der Waals surface area (Å²) in [5, 5.41) is 40.8. The van der Waals surface area contributed by atoms with Crippen molar-refractivity contribution in [1.82, 2.24) is 6.15 Å². The van der Waals surface area contributed by atoms with Crippen LogP contribution in [0.5, 0.6) is 0 Å². The predicted octanol–water partition coefficient (Wildman–Crippen LogP) is 3.89. The van der Waals surface area contributed by atoms with Gasteiger partial charge in [0, 0.05) is 22.3 Å². The molecule has 0 heterocycles. The molecule has 1 fully saturated rings. The molecule has 1 aliphatic carbocycles. The molecule has 0 aromatic rings. The SMILES string of the molecule is C#CC#CC#CC#CC(=O)OC[C@H](COP(=O)(O)OC1C(O)[C@H](OP(=O)(O)O)[C@H](O)C(O)[C@@H]1O)OC(=O)CCCCCCCCCCCCCCC.N.[HH].[HH].[HH].[HH].[HH].[HH].[HH]. The lowest BCUT2D eigenvalue weighted by molar-refractivity contribution is -0.216. The Morgan fingerprint density at radius 2 is 1.19 bits per heavy atom. The Morgan fingerprint density at radius 1 is 0.698 bits per heavy atom. The number of ether oxygens (including phenoxy) is 2. The molecule has 0 aromatic heterocycles. The van der Waals surface area contributed by atoms with E-state index in [9.17, 15) is 44.0 Å². The molecule has 0 amide bonds. The van der Waals surface area contributed by atoms with E-state index in [1.54, 1.807) is 0 Å². The van der Waals surface area contributed by atoms with Gasteiger partial charge in [0.15, 0.2) is 6.10 Å². The van der Waals surface area contributed by atoms with E-state index in [1.165, 1.54) is 44.9 Å². The second kappa shape index (κ2) is 27.7. The van der Waals surface area contributed by atoms with Crippen LogP contribution in [0, 0.1) is 47.9 Å². The first-order valence-electron chi connectivity index (χ1n) is 17.1. The molecule has 0 saturated heterocycles. The fraction of sp³-hybridized carbons (Fsp3) is 0.706. The van der Waals surface area contributed by atoms with Crippen molar-refractivity contribution in [2.75, 3.05) is 13.2 Å². The molecule has 1 aliphatic rings. The van der Waals surface area contributed by atoms with E-state index < -0.39 is 83.5 Å². The number of phosphoric acid groups is 2. The monoisotopic (exact) mass is 807 g/mol. The molecule has 1 rings (SSSR count). The van der Waals surface area contributed by atoms with E-state index in [1.807, 2.05) is 11.8 Å². The molecule has 4 unspecified atom stereocenters. The molecule has 1 saturated carbocycles. The Kier molecular flexibility index (Phi) is 26.3. The summed E-state index contributed by atoms with van der Waals surface area (Å²) < 4.78 is 48.2. The van der Waals surface area contributed by atoms with Crippen LogP contribution >= 0.6 is 15.6 Å². The molecular formula is C34H67NO16P2. The van der Waals surface area contributed by atoms with E-state index >= 15 is 0 Å². The molecule has 0 bridgehead atoms. The standard InChI is InChI=1S/C34H50O16P2.H3N.7H2/c1-3-5-7-9-11-12-13-14-15-16-17-19-21-23-28(36)48-26(24-46-27(35)22-20-18-10-8-6-4-2)25-47-52(44,45)50-34-31(39)29(37)30(38)33(32(34)40)49-51(41,42)43;;;;;;;;/h2,26,29-34,37-40H,3,5,7,9,11-17,19,21,23-25H2,1H3,(H,44,45)(H2,41,42,43);1H3;7*1H/t26-,29?,30-,31+,32?,33-,34?;;;;;;;;/m1......../s1. The molecule has 0 aromatic carbocycles. The fourth-order valence-corrected chi connectivity index (χ4v) is 6.56. The first kappa shape index (κ1) is 50.2. The number of aliphatic hydroxyl groups excluding tert-OH is 4. The van der Waals surface area contributed by atoms with Gasteiger partial charge in [-0.2, -0.15) is 0 Å². The maximum absolute atomic E-state index is 12.8. The lowest BCUT2D eigenvalue weighted by atomic mass is 9.85. The van der Waals surface area contributed by atoms with E-state index in [-0.39, 0.29) is 22.6 Å². The molecule has 10 N–H and O–H groups in total. The van der Waals surface area contributed by atoms with Crippen molar-refractivity contribution in [2.24, 2.45) is 0 Å². The Labute approximate surface area is 321 Å². The van der Waals surface area contributed by atoms with E-state index in [2.05, 4.69) is 41.0 Å². The summed E-state index contributed by atoms with van der Waals surface area (Å²) in [6.45, 7) is 0.549. The van der Waals surface area contributed by atoms with Crippen LogP contribution in [0.2, 0.25) is 0 Å². The van der Waals surface area contributed by atoms with Gasteiger partial charge in [0.05, 0.1) is 6.61 Å². The lowest BCUT2D eigenvalue weighted by Gasteiger charge is -2.43. The van der Waals surface area contributed by atoms with Gasteiger partial charge < -0.3 is 50.7 Å². The van der Waals surface area contributed by atoms with Crippen molar-refractivity contribution < 1.29 is 86.9 Å². The number of rotatable bonds is 24. The summed E-state index contributed by atoms with van der Waals surface area (Å²) in [6, 6.07) is 0. The fourth-order valence-electron chi connectivity index (χ4n) is 5.02. The third kappa shape index (κ3) is 22.9. The average Bonchev–Trinajstić information content (AvgIpc) is 3.08. The summed E-state index contributed by atoms with van der Waals surface area (Å²) in [5.74, 6) is 13.4. The lowest BCUT2D eigenvalue weighted by Crippen LogP contribution is -2.64. The highest BCUT2D eigenvalue weighted by Gasteiger charge is 2.54. The predicted molar refractivity (Wildman–Crippen MR) is 205 cm³/mol. The summed E-state index contributed by atoms with van der Waals surface area (Å²) >= 11 is 0. The maximum atomic E-state index is 12.8. The van der Waals surface area contributed by atoms with E-state index in [4.69, 9.17) is 34.7 Å². The zero-order valence-corrected chi connectivity index (χ0v) is 31.6. The minimum absolute atomic E-state index is 0. The van der Waals surface area contributed by atoms with Gasteiger partial charge in [0.25, 0.3) is 0 Å². The van der Waals surface area contributed by atoms with E-state index in [0.717, 1.165) is 32.1 Å². The van der Waals surface area contributed by atoms with Crippen molar-refractivity contribution in [1.29, 1.82) is 0 Å². The molecule has 314 valence electrons. The van der Waals surface area contributed by atoms with Crippen LogP contribution < -0.4 is 6.15 Å². The maximum Gasteiger partial charge on any atom is 0.472 e. The number of hydrogen-bond acceptors (Lipinski definition) is 14. The van der Waals surface area contributed by atoms with Crippen LogP contribution in [0.1, 0.15) is 107 Å². The van der Waals surface area contributed by atoms with Crippen LogP contribution in [-0.4, -0.2) is 103 Å². The van der Waals surface area contributed by atoms with Gasteiger partial charge in [-0.15, -0.1) is 6.42 Å². The second-order valence-electron chi connectivity index (χ2n) is 12.0. The van der Waals surface area contributed by atoms with Gasteiger partial charge in [-0.1, -0.05) is 84.0 Å². The summed E-state index contributed by atoms with van der Waals surface area (Å²) in [7, 11) is -10.7. The van der Waals surface area contributed by atoms with Crippen molar-refractivity contribution in [3.63, 3.8) is 0 Å². The first-order chi connectivity index (χ1) is 24.6. The smallest absolute Gasteiger partial charge is 0.456 e. The Balaban J connectivity index is -0.000000563.